The lowest BCUT2D eigenvalue weighted by Gasteiger charge is -2.22. The van der Waals surface area contributed by atoms with E-state index in [1.807, 2.05) is 4.90 Å². The second-order valence-electron chi connectivity index (χ2n) is 8.85. The molecule has 190 valence electrons. The van der Waals surface area contributed by atoms with E-state index in [9.17, 15) is 18.0 Å². The van der Waals surface area contributed by atoms with E-state index in [2.05, 4.69) is 15.0 Å². The first-order valence-electron chi connectivity index (χ1n) is 11.7. The number of sulfonamides is 1. The molecule has 36 heavy (non-hydrogen) atoms. The van der Waals surface area contributed by atoms with Gasteiger partial charge >= 0.3 is 0 Å². The van der Waals surface area contributed by atoms with Crippen LogP contribution >= 0.6 is 0 Å². The first kappa shape index (κ1) is 25.3. The van der Waals surface area contributed by atoms with Crippen molar-refractivity contribution in [2.45, 2.75) is 38.5 Å². The van der Waals surface area contributed by atoms with Crippen molar-refractivity contribution >= 4 is 38.8 Å². The predicted molar refractivity (Wildman–Crippen MR) is 140 cm³/mol. The Morgan fingerprint density at radius 3 is 2.22 bits per heavy atom. The molecule has 0 radical (unpaired) electrons. The molecule has 2 heterocycles. The van der Waals surface area contributed by atoms with Gasteiger partial charge in [-0.2, -0.15) is 0 Å². The fourth-order valence-corrected chi connectivity index (χ4v) is 5.91. The third-order valence-electron chi connectivity index (χ3n) is 6.31. The molecular formula is C26H30N4O5S. The first-order chi connectivity index (χ1) is 17.1. The Balaban J connectivity index is 1.68. The minimum absolute atomic E-state index is 0.0711. The Hall–Kier alpha value is -3.79. The van der Waals surface area contributed by atoms with E-state index in [0.717, 1.165) is 25.9 Å². The van der Waals surface area contributed by atoms with E-state index >= 15 is 0 Å². The standard InChI is InChI=1S/C26H30N4O5S/c1-16-24(18(3)31)17(2)27-25(16)26(32)28-20-9-12-22(30-13-5-6-14-30)23(15-20)36(33,34)29-19-7-10-21(35-4)11-8-19/h7-12,15,27,29H,5-6,13-14H2,1-4H3,(H,28,32). The Morgan fingerprint density at radius 1 is 1.00 bits per heavy atom. The Kier molecular flexibility index (Phi) is 7.07. The average molecular weight is 511 g/mol. The number of Topliss-reactive ketones (excluding diaryl/α,β-unsaturated/α-hetero) is 1. The van der Waals surface area contributed by atoms with Crippen LogP contribution in [-0.4, -0.2) is 45.3 Å². The van der Waals surface area contributed by atoms with Crippen LogP contribution in [0, 0.1) is 13.8 Å². The van der Waals surface area contributed by atoms with Crippen molar-refractivity contribution in [3.8, 4) is 5.75 Å². The molecule has 0 unspecified atom stereocenters. The van der Waals surface area contributed by atoms with Crippen molar-refractivity contribution < 1.29 is 22.7 Å². The van der Waals surface area contributed by atoms with Gasteiger partial charge in [0.25, 0.3) is 15.9 Å². The fraction of sp³-hybridized carbons (Fsp3) is 0.308. The molecule has 1 aliphatic rings. The molecule has 0 atom stereocenters. The highest BCUT2D eigenvalue weighted by atomic mass is 32.2. The summed E-state index contributed by atoms with van der Waals surface area (Å²) in [5.74, 6) is 0.0277. The maximum Gasteiger partial charge on any atom is 0.272 e. The molecule has 1 aliphatic heterocycles. The van der Waals surface area contributed by atoms with Gasteiger partial charge in [0.2, 0.25) is 0 Å². The number of aromatic nitrogens is 1. The van der Waals surface area contributed by atoms with Gasteiger partial charge in [-0.1, -0.05) is 0 Å². The second kappa shape index (κ2) is 10.1. The fourth-order valence-electron chi connectivity index (χ4n) is 4.59. The molecule has 3 aromatic rings. The van der Waals surface area contributed by atoms with Crippen molar-refractivity contribution in [1.82, 2.24) is 4.98 Å². The molecule has 2 aromatic carbocycles. The molecular weight excluding hydrogens is 480 g/mol. The lowest BCUT2D eigenvalue weighted by Crippen LogP contribution is -2.23. The molecule has 4 rings (SSSR count). The van der Waals surface area contributed by atoms with Crippen LogP contribution in [0.2, 0.25) is 0 Å². The van der Waals surface area contributed by atoms with Gasteiger partial charge in [-0.05, 0) is 81.6 Å². The van der Waals surface area contributed by atoms with Gasteiger partial charge in [-0.3, -0.25) is 14.3 Å². The third-order valence-corrected chi connectivity index (χ3v) is 7.72. The number of hydrogen-bond acceptors (Lipinski definition) is 6. The van der Waals surface area contributed by atoms with E-state index in [4.69, 9.17) is 4.74 Å². The second-order valence-corrected chi connectivity index (χ2v) is 10.5. The van der Waals surface area contributed by atoms with Gasteiger partial charge in [-0.15, -0.1) is 0 Å². The zero-order valence-electron chi connectivity index (χ0n) is 20.8. The Bertz CT molecular complexity index is 1400. The molecule has 0 bridgehead atoms. The number of carbonyl (C=O) groups is 2. The molecule has 0 spiro atoms. The molecule has 0 aliphatic carbocycles. The highest BCUT2D eigenvalue weighted by Gasteiger charge is 2.26. The maximum absolute atomic E-state index is 13.5. The molecule has 1 amide bonds. The number of anilines is 3. The number of aromatic amines is 1. The maximum atomic E-state index is 13.5. The van der Waals surface area contributed by atoms with Gasteiger partial charge in [0.05, 0.1) is 12.8 Å². The molecule has 3 N–H and O–H groups in total. The average Bonchev–Trinajstić information content (AvgIpc) is 3.47. The zero-order chi connectivity index (χ0) is 26.0. The number of carbonyl (C=O) groups excluding carboxylic acids is 2. The number of benzene rings is 2. The lowest BCUT2D eigenvalue weighted by atomic mass is 10.1. The normalized spacial score (nSPS) is 13.5. The number of rotatable bonds is 8. The number of aryl methyl sites for hydroxylation is 1. The highest BCUT2D eigenvalue weighted by Crippen LogP contribution is 2.33. The number of hydrogen-bond donors (Lipinski definition) is 3. The summed E-state index contributed by atoms with van der Waals surface area (Å²) in [6.45, 7) is 6.41. The lowest BCUT2D eigenvalue weighted by molar-refractivity contribution is 0.101. The summed E-state index contributed by atoms with van der Waals surface area (Å²) >= 11 is 0. The first-order valence-corrected chi connectivity index (χ1v) is 13.2. The molecule has 9 nitrogen and oxygen atoms in total. The minimum atomic E-state index is -3.98. The largest absolute Gasteiger partial charge is 0.497 e. The number of ether oxygens (including phenoxy) is 1. The van der Waals surface area contributed by atoms with Gasteiger partial charge in [0.15, 0.2) is 5.78 Å². The number of ketones is 1. The molecule has 1 fully saturated rings. The van der Waals surface area contributed by atoms with Gasteiger partial charge in [-0.25, -0.2) is 8.42 Å². The van der Waals surface area contributed by atoms with Crippen LogP contribution in [0.5, 0.6) is 5.75 Å². The van der Waals surface area contributed by atoms with Crippen LogP contribution < -0.4 is 19.7 Å². The van der Waals surface area contributed by atoms with E-state index in [1.54, 1.807) is 50.2 Å². The minimum Gasteiger partial charge on any atom is -0.497 e. The number of nitrogens with one attached hydrogen (secondary N) is 3. The summed E-state index contributed by atoms with van der Waals surface area (Å²) in [5.41, 5.74) is 3.22. The van der Waals surface area contributed by atoms with Crippen molar-refractivity contribution in [1.29, 1.82) is 0 Å². The van der Waals surface area contributed by atoms with Crippen molar-refractivity contribution in [3.05, 3.63) is 65.0 Å². The number of H-pyrrole nitrogens is 1. The summed E-state index contributed by atoms with van der Waals surface area (Å²) < 4.78 is 34.8. The van der Waals surface area contributed by atoms with E-state index < -0.39 is 15.9 Å². The van der Waals surface area contributed by atoms with Crippen molar-refractivity contribution in [2.75, 3.05) is 35.1 Å². The summed E-state index contributed by atoms with van der Waals surface area (Å²) in [5, 5.41) is 2.78. The smallest absolute Gasteiger partial charge is 0.272 e. The van der Waals surface area contributed by atoms with Crippen LogP contribution in [-0.2, 0) is 10.0 Å². The summed E-state index contributed by atoms with van der Waals surface area (Å²) in [4.78, 5) is 30.1. The molecule has 1 aromatic heterocycles. The highest BCUT2D eigenvalue weighted by molar-refractivity contribution is 7.92. The van der Waals surface area contributed by atoms with Gasteiger partial charge < -0.3 is 19.9 Å². The summed E-state index contributed by atoms with van der Waals surface area (Å²) in [6, 6.07) is 11.5. The predicted octanol–water partition coefficient (Wildman–Crippen LogP) is 4.50. The summed E-state index contributed by atoms with van der Waals surface area (Å²) in [6.07, 6.45) is 1.96. The van der Waals surface area contributed by atoms with Crippen molar-refractivity contribution in [3.63, 3.8) is 0 Å². The molecule has 1 saturated heterocycles. The van der Waals surface area contributed by atoms with E-state index in [-0.39, 0.29) is 16.4 Å². The monoisotopic (exact) mass is 510 g/mol. The van der Waals surface area contributed by atoms with E-state index in [0.29, 0.717) is 39.6 Å². The van der Waals surface area contributed by atoms with Crippen LogP contribution in [0.15, 0.2) is 47.4 Å². The topological polar surface area (TPSA) is 121 Å². The number of nitrogens with zero attached hydrogens (tertiary/aromatic N) is 1. The van der Waals surface area contributed by atoms with Gasteiger partial charge in [0, 0.05) is 35.7 Å². The van der Waals surface area contributed by atoms with Crippen LogP contribution in [0.4, 0.5) is 17.1 Å². The summed E-state index contributed by atoms with van der Waals surface area (Å²) in [7, 11) is -2.44. The van der Waals surface area contributed by atoms with Crippen molar-refractivity contribution in [2.24, 2.45) is 0 Å². The zero-order valence-corrected chi connectivity index (χ0v) is 21.6. The Morgan fingerprint density at radius 2 is 1.64 bits per heavy atom. The van der Waals surface area contributed by atoms with Crippen LogP contribution in [0.3, 0.4) is 0 Å². The number of methoxy groups -OCH3 is 1. The molecule has 10 heteroatoms. The van der Waals surface area contributed by atoms with Crippen LogP contribution in [0.1, 0.15) is 51.9 Å². The SMILES string of the molecule is COc1ccc(NS(=O)(=O)c2cc(NC(=O)c3[nH]c(C)c(C(C)=O)c3C)ccc2N2CCCC2)cc1. The molecule has 0 saturated carbocycles. The van der Waals surface area contributed by atoms with Crippen LogP contribution in [0.25, 0.3) is 0 Å². The number of amides is 1. The van der Waals surface area contributed by atoms with Gasteiger partial charge in [0.1, 0.15) is 16.3 Å². The Labute approximate surface area is 210 Å². The van der Waals surface area contributed by atoms with E-state index in [1.165, 1.54) is 20.1 Å². The third kappa shape index (κ3) is 5.08. The quantitative estimate of drug-likeness (QED) is 0.384.